The van der Waals surface area contributed by atoms with Crippen LogP contribution in [-0.2, 0) is 9.84 Å². The molecule has 2 aliphatic rings. The summed E-state index contributed by atoms with van der Waals surface area (Å²) in [5.41, 5.74) is 1.89. The van der Waals surface area contributed by atoms with E-state index in [2.05, 4.69) is 5.32 Å². The van der Waals surface area contributed by atoms with Gasteiger partial charge in [0.25, 0.3) is 0 Å². The minimum atomic E-state index is -2.87. The van der Waals surface area contributed by atoms with Gasteiger partial charge in [0.05, 0.1) is 22.7 Å². The number of methoxy groups -OCH3 is 1. The predicted molar refractivity (Wildman–Crippen MR) is 88.0 cm³/mol. The quantitative estimate of drug-likeness (QED) is 0.927. The Labute approximate surface area is 137 Å². The maximum absolute atomic E-state index is 11.7. The van der Waals surface area contributed by atoms with Crippen molar-refractivity contribution >= 4 is 9.84 Å². The van der Waals surface area contributed by atoms with Crippen LogP contribution in [-0.4, -0.2) is 33.5 Å². The van der Waals surface area contributed by atoms with Crippen LogP contribution in [0.3, 0.4) is 0 Å². The SMILES string of the molecule is [2H]C([2H])([2H])Oc1cccc(C2NCCC2C2CCS(=O)(=O)CC2)c1C. The van der Waals surface area contributed by atoms with E-state index < -0.39 is 16.9 Å². The lowest BCUT2D eigenvalue weighted by Crippen LogP contribution is -2.31. The molecule has 2 aliphatic heterocycles. The average molecular weight is 326 g/mol. The Morgan fingerprint density at radius 1 is 1.27 bits per heavy atom. The van der Waals surface area contributed by atoms with Crippen molar-refractivity contribution in [1.82, 2.24) is 5.32 Å². The first-order valence-electron chi connectivity index (χ1n) is 9.39. The number of rotatable bonds is 3. The van der Waals surface area contributed by atoms with Gasteiger partial charge in [-0.1, -0.05) is 12.1 Å². The maximum atomic E-state index is 11.7. The highest BCUT2D eigenvalue weighted by Crippen LogP contribution is 2.42. The van der Waals surface area contributed by atoms with E-state index in [1.54, 1.807) is 6.07 Å². The van der Waals surface area contributed by atoms with Crippen LogP contribution in [0.5, 0.6) is 5.75 Å². The smallest absolute Gasteiger partial charge is 0.150 e. The van der Waals surface area contributed by atoms with Gasteiger partial charge >= 0.3 is 0 Å². The first kappa shape index (κ1) is 12.4. The number of hydrogen-bond acceptors (Lipinski definition) is 4. The van der Waals surface area contributed by atoms with E-state index in [9.17, 15) is 8.42 Å². The number of benzene rings is 1. The van der Waals surface area contributed by atoms with Gasteiger partial charge in [0.2, 0.25) is 0 Å². The summed E-state index contributed by atoms with van der Waals surface area (Å²) in [6.45, 7) is 2.78. The topological polar surface area (TPSA) is 55.4 Å². The molecule has 3 rings (SSSR count). The fraction of sp³-hybridized carbons (Fsp3) is 0.647. The Kier molecular flexibility index (Phi) is 3.49. The van der Waals surface area contributed by atoms with E-state index in [1.165, 1.54) is 0 Å². The van der Waals surface area contributed by atoms with E-state index in [1.807, 2.05) is 19.1 Å². The van der Waals surface area contributed by atoms with Gasteiger partial charge in [-0.15, -0.1) is 0 Å². The van der Waals surface area contributed by atoms with Crippen LogP contribution in [0.15, 0.2) is 18.2 Å². The lowest BCUT2D eigenvalue weighted by atomic mass is 9.79. The Hall–Kier alpha value is -1.07. The minimum Gasteiger partial charge on any atom is -0.496 e. The fourth-order valence-corrected chi connectivity index (χ4v) is 5.52. The van der Waals surface area contributed by atoms with Crippen molar-refractivity contribution in [2.45, 2.75) is 32.2 Å². The number of sulfone groups is 1. The second-order valence-corrected chi connectivity index (χ2v) is 8.75. The van der Waals surface area contributed by atoms with Gasteiger partial charge in [-0.3, -0.25) is 0 Å². The second kappa shape index (κ2) is 6.20. The molecule has 22 heavy (non-hydrogen) atoms. The zero-order valence-corrected chi connectivity index (χ0v) is 13.7. The summed E-state index contributed by atoms with van der Waals surface area (Å²) < 4.78 is 50.5. The van der Waals surface area contributed by atoms with E-state index in [0.29, 0.717) is 17.6 Å². The molecule has 0 saturated carbocycles. The maximum Gasteiger partial charge on any atom is 0.150 e. The molecular formula is C17H25NO3S. The van der Waals surface area contributed by atoms with Crippen molar-refractivity contribution in [3.63, 3.8) is 0 Å². The molecule has 1 aromatic carbocycles. The summed E-state index contributed by atoms with van der Waals surface area (Å²) in [4.78, 5) is 0. The zero-order valence-electron chi connectivity index (χ0n) is 15.8. The highest BCUT2D eigenvalue weighted by Gasteiger charge is 2.38. The summed E-state index contributed by atoms with van der Waals surface area (Å²) in [5, 5.41) is 3.53. The minimum absolute atomic E-state index is 0.117. The van der Waals surface area contributed by atoms with Crippen LogP contribution in [0.25, 0.3) is 0 Å². The molecule has 2 heterocycles. The van der Waals surface area contributed by atoms with Crippen molar-refractivity contribution in [3.8, 4) is 5.75 Å². The lowest BCUT2D eigenvalue weighted by molar-refractivity contribution is 0.279. The van der Waals surface area contributed by atoms with E-state index in [4.69, 9.17) is 8.85 Å². The van der Waals surface area contributed by atoms with E-state index in [0.717, 1.165) is 36.9 Å². The lowest BCUT2D eigenvalue weighted by Gasteiger charge is -2.32. The summed E-state index contributed by atoms with van der Waals surface area (Å²) in [7, 11) is -5.33. The number of ether oxygens (including phenoxy) is 1. The molecule has 0 amide bonds. The fourth-order valence-electron chi connectivity index (χ4n) is 3.99. The van der Waals surface area contributed by atoms with Crippen LogP contribution in [0.4, 0.5) is 0 Å². The third-order valence-electron chi connectivity index (χ3n) is 5.25. The molecule has 1 N–H and O–H groups in total. The van der Waals surface area contributed by atoms with Gasteiger partial charge in [-0.2, -0.15) is 0 Å². The monoisotopic (exact) mass is 326 g/mol. The van der Waals surface area contributed by atoms with Gasteiger partial charge in [0.15, 0.2) is 0 Å². The summed E-state index contributed by atoms with van der Waals surface area (Å²) in [6, 6.07) is 5.64. The molecule has 2 atom stereocenters. The molecule has 2 fully saturated rings. The Morgan fingerprint density at radius 2 is 2.05 bits per heavy atom. The normalized spacial score (nSPS) is 31.2. The second-order valence-electron chi connectivity index (χ2n) is 6.45. The standard InChI is InChI=1S/C17H25NO3S/c1-12-14(4-3-5-16(12)21-2)17-15(6-9-18-17)13-7-10-22(19,20)11-8-13/h3-5,13,15,17-18H,6-11H2,1-2H3/i2D3. The largest absolute Gasteiger partial charge is 0.496 e. The van der Waals surface area contributed by atoms with Gasteiger partial charge in [-0.25, -0.2) is 8.42 Å². The van der Waals surface area contributed by atoms with Crippen molar-refractivity contribution in [2.24, 2.45) is 11.8 Å². The van der Waals surface area contributed by atoms with Crippen LogP contribution in [0, 0.1) is 18.8 Å². The van der Waals surface area contributed by atoms with Crippen LogP contribution in [0.2, 0.25) is 0 Å². The van der Waals surface area contributed by atoms with Crippen LogP contribution < -0.4 is 10.1 Å². The molecule has 2 unspecified atom stereocenters. The summed E-state index contributed by atoms with van der Waals surface area (Å²) in [5.74, 6) is 1.70. The van der Waals surface area contributed by atoms with Crippen molar-refractivity contribution in [3.05, 3.63) is 29.3 Å². The van der Waals surface area contributed by atoms with Crippen molar-refractivity contribution in [2.75, 3.05) is 25.1 Å². The molecule has 4 nitrogen and oxygen atoms in total. The Morgan fingerprint density at radius 3 is 2.77 bits per heavy atom. The number of nitrogens with one attached hydrogen (secondary N) is 1. The molecule has 0 radical (unpaired) electrons. The van der Waals surface area contributed by atoms with Gasteiger partial charge in [-0.05, 0) is 61.8 Å². The predicted octanol–water partition coefficient (Wildman–Crippen LogP) is 2.48. The van der Waals surface area contributed by atoms with Gasteiger partial charge in [0, 0.05) is 6.04 Å². The van der Waals surface area contributed by atoms with Gasteiger partial charge < -0.3 is 10.1 Å². The summed E-state index contributed by atoms with van der Waals surface area (Å²) in [6.07, 6.45) is 2.45. The molecule has 0 aromatic heterocycles. The molecule has 0 aliphatic carbocycles. The van der Waals surface area contributed by atoms with E-state index >= 15 is 0 Å². The first-order chi connectivity index (χ1) is 11.7. The molecule has 2 saturated heterocycles. The zero-order chi connectivity index (χ0) is 18.2. The Bertz CT molecular complexity index is 719. The van der Waals surface area contributed by atoms with Crippen molar-refractivity contribution in [1.29, 1.82) is 0 Å². The molecule has 0 spiro atoms. The molecule has 122 valence electrons. The summed E-state index contributed by atoms with van der Waals surface area (Å²) >= 11 is 0. The first-order valence-corrected chi connectivity index (χ1v) is 9.71. The van der Waals surface area contributed by atoms with E-state index in [-0.39, 0.29) is 17.5 Å². The molecule has 1 aromatic rings. The number of hydrogen-bond donors (Lipinski definition) is 1. The van der Waals surface area contributed by atoms with Gasteiger partial charge in [0.1, 0.15) is 15.6 Å². The molecule has 5 heteroatoms. The third-order valence-corrected chi connectivity index (χ3v) is 6.96. The molecular weight excluding hydrogens is 298 g/mol. The highest BCUT2D eigenvalue weighted by atomic mass is 32.2. The average Bonchev–Trinajstić information content (AvgIpc) is 2.97. The third kappa shape index (κ3) is 3.01. The van der Waals surface area contributed by atoms with Crippen LogP contribution >= 0.6 is 0 Å². The highest BCUT2D eigenvalue weighted by molar-refractivity contribution is 7.91. The van der Waals surface area contributed by atoms with Crippen molar-refractivity contribution < 1.29 is 17.3 Å². The van der Waals surface area contributed by atoms with Crippen LogP contribution in [0.1, 0.15) is 40.5 Å². The Balaban J connectivity index is 1.82. The molecule has 0 bridgehead atoms.